The summed E-state index contributed by atoms with van der Waals surface area (Å²) in [7, 11) is 4.46. The van der Waals surface area contributed by atoms with Gasteiger partial charge in [0, 0.05) is 13.0 Å². The van der Waals surface area contributed by atoms with Gasteiger partial charge in [-0.1, -0.05) is 36.4 Å². The van der Waals surface area contributed by atoms with Crippen molar-refractivity contribution in [2.24, 2.45) is 0 Å². The molecule has 0 saturated heterocycles. The van der Waals surface area contributed by atoms with Crippen LogP contribution < -0.4 is 20.1 Å². The molecule has 28 heavy (non-hydrogen) atoms. The molecule has 0 unspecified atom stereocenters. The molecule has 2 aromatic rings. The van der Waals surface area contributed by atoms with E-state index in [-0.39, 0.29) is 0 Å². The molecule has 0 radical (unpaired) electrons. The first-order valence-electron chi connectivity index (χ1n) is 8.94. The van der Waals surface area contributed by atoms with Gasteiger partial charge in [0.1, 0.15) is 6.04 Å². The monoisotopic (exact) mass is 386 g/mol. The summed E-state index contributed by atoms with van der Waals surface area (Å²) in [5.41, 5.74) is 1.93. The van der Waals surface area contributed by atoms with Crippen LogP contribution in [0.1, 0.15) is 11.1 Å². The van der Waals surface area contributed by atoms with Crippen LogP contribution in [-0.4, -0.2) is 45.9 Å². The lowest BCUT2D eigenvalue weighted by atomic mass is 10.1. The summed E-state index contributed by atoms with van der Waals surface area (Å²) in [6, 6.07) is 13.9. The molecule has 150 valence electrons. The van der Waals surface area contributed by atoms with E-state index in [9.17, 15) is 9.59 Å². The predicted molar refractivity (Wildman–Crippen MR) is 106 cm³/mol. The Labute approximate surface area is 165 Å². The Morgan fingerprint density at radius 1 is 0.929 bits per heavy atom. The van der Waals surface area contributed by atoms with Crippen molar-refractivity contribution in [2.45, 2.75) is 18.9 Å². The van der Waals surface area contributed by atoms with Crippen LogP contribution in [0.15, 0.2) is 48.5 Å². The maximum absolute atomic E-state index is 12.2. The van der Waals surface area contributed by atoms with Crippen molar-refractivity contribution in [1.82, 2.24) is 10.6 Å². The highest BCUT2D eigenvalue weighted by molar-refractivity contribution is 5.83. The zero-order valence-electron chi connectivity index (χ0n) is 16.4. The van der Waals surface area contributed by atoms with Crippen molar-refractivity contribution in [3.8, 4) is 11.5 Å². The Morgan fingerprint density at radius 3 is 2.29 bits per heavy atom. The summed E-state index contributed by atoms with van der Waals surface area (Å²) >= 11 is 0. The lowest BCUT2D eigenvalue weighted by molar-refractivity contribution is -0.142. The summed E-state index contributed by atoms with van der Waals surface area (Å²) in [5, 5.41) is 5.44. The van der Waals surface area contributed by atoms with E-state index in [0.29, 0.717) is 30.9 Å². The van der Waals surface area contributed by atoms with E-state index < -0.39 is 18.0 Å². The van der Waals surface area contributed by atoms with Gasteiger partial charge in [0.05, 0.1) is 21.3 Å². The Morgan fingerprint density at radius 2 is 1.64 bits per heavy atom. The third kappa shape index (κ3) is 6.19. The third-order valence-corrected chi connectivity index (χ3v) is 4.22. The third-order valence-electron chi connectivity index (χ3n) is 4.22. The largest absolute Gasteiger partial charge is 0.493 e. The molecule has 2 rings (SSSR count). The number of rotatable bonds is 9. The minimum absolute atomic E-state index is 0.358. The zero-order chi connectivity index (χ0) is 20.4. The number of esters is 1. The van der Waals surface area contributed by atoms with Crippen LogP contribution in [-0.2, 0) is 22.4 Å². The predicted octanol–water partition coefficient (Wildman–Crippen LogP) is 2.33. The van der Waals surface area contributed by atoms with E-state index in [1.54, 1.807) is 14.2 Å². The summed E-state index contributed by atoms with van der Waals surface area (Å²) in [4.78, 5) is 24.2. The smallest absolute Gasteiger partial charge is 0.328 e. The van der Waals surface area contributed by atoms with Crippen molar-refractivity contribution >= 4 is 12.0 Å². The fourth-order valence-electron chi connectivity index (χ4n) is 2.75. The molecule has 2 N–H and O–H groups in total. The molecule has 0 aliphatic carbocycles. The van der Waals surface area contributed by atoms with E-state index in [4.69, 9.17) is 14.2 Å². The van der Waals surface area contributed by atoms with Gasteiger partial charge in [-0.05, 0) is 29.7 Å². The fraction of sp³-hybridized carbons (Fsp3) is 0.333. The lowest BCUT2D eigenvalue weighted by Crippen LogP contribution is -2.48. The van der Waals surface area contributed by atoms with Crippen LogP contribution in [0.3, 0.4) is 0 Å². The van der Waals surface area contributed by atoms with Crippen LogP contribution >= 0.6 is 0 Å². The number of carbonyl (C=O) groups excluding carboxylic acids is 2. The molecule has 0 saturated carbocycles. The van der Waals surface area contributed by atoms with Gasteiger partial charge in [0.15, 0.2) is 11.5 Å². The van der Waals surface area contributed by atoms with Crippen LogP contribution in [0.2, 0.25) is 0 Å². The Kier molecular flexibility index (Phi) is 8.14. The number of benzene rings is 2. The number of hydrogen-bond acceptors (Lipinski definition) is 5. The van der Waals surface area contributed by atoms with Crippen molar-refractivity contribution in [3.63, 3.8) is 0 Å². The Hall–Kier alpha value is -3.22. The van der Waals surface area contributed by atoms with E-state index in [2.05, 4.69) is 10.6 Å². The zero-order valence-corrected chi connectivity index (χ0v) is 16.4. The highest BCUT2D eigenvalue weighted by Gasteiger charge is 2.21. The van der Waals surface area contributed by atoms with E-state index in [1.807, 2.05) is 48.5 Å². The number of nitrogens with one attached hydrogen (secondary N) is 2. The first kappa shape index (κ1) is 21.1. The molecule has 7 heteroatoms. The topological polar surface area (TPSA) is 85.9 Å². The second-order valence-electron chi connectivity index (χ2n) is 6.11. The molecule has 7 nitrogen and oxygen atoms in total. The second kappa shape index (κ2) is 10.8. The molecule has 2 amide bonds. The Balaban J connectivity index is 1.88. The van der Waals surface area contributed by atoms with Gasteiger partial charge in [-0.15, -0.1) is 0 Å². The van der Waals surface area contributed by atoms with Crippen molar-refractivity contribution in [1.29, 1.82) is 0 Å². The van der Waals surface area contributed by atoms with E-state index in [0.717, 1.165) is 11.1 Å². The number of methoxy groups -OCH3 is 3. The van der Waals surface area contributed by atoms with E-state index >= 15 is 0 Å². The molecular weight excluding hydrogens is 360 g/mol. The van der Waals surface area contributed by atoms with Gasteiger partial charge in [0.2, 0.25) is 0 Å². The van der Waals surface area contributed by atoms with Gasteiger partial charge in [0.25, 0.3) is 0 Å². The average molecular weight is 386 g/mol. The maximum Gasteiger partial charge on any atom is 0.328 e. The lowest BCUT2D eigenvalue weighted by Gasteiger charge is -2.17. The standard InChI is InChI=1S/C21H26N2O5/c1-26-18-10-9-16(14-19(18)27-2)11-12-22-21(25)23-17(20(24)28-3)13-15-7-5-4-6-8-15/h4-10,14,17H,11-13H2,1-3H3,(H2,22,23,25)/t17-/m1/s1. The summed E-state index contributed by atoms with van der Waals surface area (Å²) in [5.74, 6) is 0.802. The van der Waals surface area contributed by atoms with Crippen LogP contribution in [0.25, 0.3) is 0 Å². The first-order chi connectivity index (χ1) is 13.6. The van der Waals surface area contributed by atoms with E-state index in [1.165, 1.54) is 7.11 Å². The van der Waals surface area contributed by atoms with Crippen LogP contribution in [0, 0.1) is 0 Å². The molecule has 0 fully saturated rings. The molecule has 0 aromatic heterocycles. The molecular formula is C21H26N2O5. The van der Waals surface area contributed by atoms with Crippen molar-refractivity contribution < 1.29 is 23.8 Å². The molecule has 0 spiro atoms. The second-order valence-corrected chi connectivity index (χ2v) is 6.11. The van der Waals surface area contributed by atoms with Gasteiger partial charge in [-0.25, -0.2) is 9.59 Å². The highest BCUT2D eigenvalue weighted by atomic mass is 16.5. The van der Waals surface area contributed by atoms with Crippen molar-refractivity contribution in [3.05, 3.63) is 59.7 Å². The number of amides is 2. The van der Waals surface area contributed by atoms with Gasteiger partial charge >= 0.3 is 12.0 Å². The quantitative estimate of drug-likeness (QED) is 0.646. The first-order valence-corrected chi connectivity index (χ1v) is 8.94. The molecule has 0 heterocycles. The fourth-order valence-corrected chi connectivity index (χ4v) is 2.75. The molecule has 2 aromatic carbocycles. The Bertz CT molecular complexity index is 780. The average Bonchev–Trinajstić information content (AvgIpc) is 2.73. The molecule has 0 aliphatic heterocycles. The van der Waals surface area contributed by atoms with Crippen LogP contribution in [0.5, 0.6) is 11.5 Å². The van der Waals surface area contributed by atoms with Crippen LogP contribution in [0.4, 0.5) is 4.79 Å². The number of carbonyl (C=O) groups is 2. The maximum atomic E-state index is 12.2. The summed E-state index contributed by atoms with van der Waals surface area (Å²) in [6.45, 7) is 0.403. The molecule has 1 atom stereocenters. The molecule has 0 aliphatic rings. The van der Waals surface area contributed by atoms with Gasteiger partial charge in [-0.2, -0.15) is 0 Å². The number of hydrogen-bond donors (Lipinski definition) is 2. The normalized spacial score (nSPS) is 11.2. The minimum Gasteiger partial charge on any atom is -0.493 e. The van der Waals surface area contributed by atoms with Gasteiger partial charge in [-0.3, -0.25) is 0 Å². The molecule has 0 bridgehead atoms. The summed E-state index contributed by atoms with van der Waals surface area (Å²) < 4.78 is 15.3. The minimum atomic E-state index is -0.756. The number of urea groups is 1. The summed E-state index contributed by atoms with van der Waals surface area (Å²) in [6.07, 6.45) is 0.964. The van der Waals surface area contributed by atoms with Crippen molar-refractivity contribution in [2.75, 3.05) is 27.9 Å². The van der Waals surface area contributed by atoms with Gasteiger partial charge < -0.3 is 24.8 Å². The number of ether oxygens (including phenoxy) is 3. The highest BCUT2D eigenvalue weighted by Crippen LogP contribution is 2.27. The SMILES string of the molecule is COC(=O)[C@@H](Cc1ccccc1)NC(=O)NCCc1ccc(OC)c(OC)c1.